The third kappa shape index (κ3) is 6.41. The Morgan fingerprint density at radius 1 is 0.886 bits per heavy atom. The van der Waals surface area contributed by atoms with Crippen LogP contribution in [0, 0.1) is 6.92 Å². The fourth-order valence-corrected chi connectivity index (χ4v) is 3.94. The summed E-state index contributed by atoms with van der Waals surface area (Å²) in [6.07, 6.45) is -0.667. The molecular formula is C28H31ClN2O4. The van der Waals surface area contributed by atoms with Gasteiger partial charge in [-0.05, 0) is 33.8 Å². The van der Waals surface area contributed by atoms with Crippen molar-refractivity contribution in [2.24, 2.45) is 5.73 Å². The van der Waals surface area contributed by atoms with Crippen molar-refractivity contribution < 1.29 is 19.1 Å². The fraction of sp³-hybridized carbons (Fsp3) is 0.286. The van der Waals surface area contributed by atoms with Crippen LogP contribution in [0.3, 0.4) is 0 Å². The minimum absolute atomic E-state index is 0.158. The highest BCUT2D eigenvalue weighted by Gasteiger charge is 2.43. The molecule has 6 nitrogen and oxygen atoms in total. The second-order valence-corrected chi connectivity index (χ2v) is 9.71. The van der Waals surface area contributed by atoms with Gasteiger partial charge in [-0.2, -0.15) is 0 Å². The average Bonchev–Trinajstić information content (AvgIpc) is 2.81. The predicted molar refractivity (Wildman–Crippen MR) is 137 cm³/mol. The van der Waals surface area contributed by atoms with E-state index in [1.54, 1.807) is 26.8 Å². The molecule has 0 bridgehead atoms. The number of rotatable bonds is 7. The van der Waals surface area contributed by atoms with Gasteiger partial charge in [-0.25, -0.2) is 4.79 Å². The van der Waals surface area contributed by atoms with Crippen LogP contribution < -0.4 is 11.1 Å². The van der Waals surface area contributed by atoms with Gasteiger partial charge in [0, 0.05) is 28.3 Å². The van der Waals surface area contributed by atoms with Crippen molar-refractivity contribution in [3.05, 3.63) is 106 Å². The van der Waals surface area contributed by atoms with Crippen LogP contribution in [-0.4, -0.2) is 30.3 Å². The summed E-state index contributed by atoms with van der Waals surface area (Å²) in [6.45, 7) is 7.07. The highest BCUT2D eigenvalue weighted by Crippen LogP contribution is 2.43. The molecule has 3 rings (SSSR count). The lowest BCUT2D eigenvalue weighted by molar-refractivity contribution is -0.155. The first kappa shape index (κ1) is 26.3. The number of esters is 1. The van der Waals surface area contributed by atoms with Gasteiger partial charge >= 0.3 is 12.1 Å². The van der Waals surface area contributed by atoms with E-state index in [9.17, 15) is 9.59 Å². The first-order chi connectivity index (χ1) is 16.5. The molecule has 1 unspecified atom stereocenters. The Bertz CT molecular complexity index is 1160. The molecule has 7 heteroatoms. The van der Waals surface area contributed by atoms with Gasteiger partial charge in [0.15, 0.2) is 5.60 Å². The molecule has 0 aliphatic heterocycles. The molecule has 3 N–H and O–H groups in total. The fourth-order valence-electron chi connectivity index (χ4n) is 3.68. The van der Waals surface area contributed by atoms with Crippen LogP contribution in [0.2, 0.25) is 5.02 Å². The first-order valence-electron chi connectivity index (χ1n) is 11.4. The van der Waals surface area contributed by atoms with Crippen LogP contribution in [0.25, 0.3) is 0 Å². The molecule has 0 aliphatic rings. The number of ether oxygens (including phenoxy) is 2. The number of carbonyl (C=O) groups excluding carboxylic acids is 2. The number of aryl methyl sites for hydroxylation is 1. The molecule has 3 aromatic carbocycles. The molecule has 35 heavy (non-hydrogen) atoms. The molecule has 0 radical (unpaired) electrons. The number of carbonyl (C=O) groups is 2. The Morgan fingerprint density at radius 3 is 2.06 bits per heavy atom. The number of hydrogen-bond acceptors (Lipinski definition) is 5. The van der Waals surface area contributed by atoms with Crippen LogP contribution in [0.1, 0.15) is 43.0 Å². The number of alkyl carbamates (subject to hydrolysis) is 1. The lowest BCUT2D eigenvalue weighted by Crippen LogP contribution is -2.48. The number of nitrogens with two attached hydrogens (primary N) is 1. The molecule has 0 saturated carbocycles. The largest absolute Gasteiger partial charge is 0.444 e. The van der Waals surface area contributed by atoms with Crippen molar-refractivity contribution in [2.75, 3.05) is 6.54 Å². The molecule has 0 fully saturated rings. The lowest BCUT2D eigenvalue weighted by Gasteiger charge is -2.36. The van der Waals surface area contributed by atoms with Gasteiger partial charge in [-0.1, -0.05) is 90.0 Å². The van der Waals surface area contributed by atoms with E-state index in [1.807, 2.05) is 79.7 Å². The summed E-state index contributed by atoms with van der Waals surface area (Å²) in [5.74, 6) is -0.703. The zero-order chi connectivity index (χ0) is 25.6. The topological polar surface area (TPSA) is 90.6 Å². The van der Waals surface area contributed by atoms with Gasteiger partial charge in [0.2, 0.25) is 0 Å². The minimum Gasteiger partial charge on any atom is -0.444 e. The minimum atomic E-state index is -1.37. The van der Waals surface area contributed by atoms with Crippen molar-refractivity contribution >= 4 is 23.7 Å². The van der Waals surface area contributed by atoms with Crippen molar-refractivity contribution in [3.8, 4) is 0 Å². The second-order valence-electron chi connectivity index (χ2n) is 9.30. The van der Waals surface area contributed by atoms with E-state index < -0.39 is 29.3 Å². The Hall–Kier alpha value is -3.35. The van der Waals surface area contributed by atoms with E-state index in [-0.39, 0.29) is 6.54 Å². The number of halogens is 1. The van der Waals surface area contributed by atoms with Crippen LogP contribution in [0.15, 0.2) is 78.9 Å². The van der Waals surface area contributed by atoms with Crippen LogP contribution in [-0.2, 0) is 19.9 Å². The van der Waals surface area contributed by atoms with E-state index in [2.05, 4.69) is 5.32 Å². The van der Waals surface area contributed by atoms with Gasteiger partial charge < -0.3 is 20.5 Å². The summed E-state index contributed by atoms with van der Waals surface area (Å²) < 4.78 is 11.5. The number of amides is 1. The summed E-state index contributed by atoms with van der Waals surface area (Å²) >= 11 is 6.67. The SMILES string of the molecule is Cc1ccc(C(OC(=O)[C@@H](N)CNC(=O)OC(C)(C)C)(c2ccccc2)c2ccccc2Cl)cc1. The molecule has 184 valence electrons. The van der Waals surface area contributed by atoms with Crippen LogP contribution >= 0.6 is 11.6 Å². The first-order valence-corrected chi connectivity index (χ1v) is 11.7. The predicted octanol–water partition coefficient (Wildman–Crippen LogP) is 5.34. The Balaban J connectivity index is 2.03. The quantitative estimate of drug-likeness (QED) is 0.342. The van der Waals surface area contributed by atoms with Crippen LogP contribution in [0.5, 0.6) is 0 Å². The zero-order valence-electron chi connectivity index (χ0n) is 20.4. The Morgan fingerprint density at radius 2 is 1.46 bits per heavy atom. The maximum absolute atomic E-state index is 13.4. The van der Waals surface area contributed by atoms with E-state index >= 15 is 0 Å². The third-order valence-corrected chi connectivity index (χ3v) is 5.64. The van der Waals surface area contributed by atoms with E-state index in [1.165, 1.54) is 0 Å². The number of benzene rings is 3. The Kier molecular flexibility index (Phi) is 8.20. The smallest absolute Gasteiger partial charge is 0.407 e. The molecule has 0 heterocycles. The molecule has 0 saturated heterocycles. The molecule has 0 aromatic heterocycles. The summed E-state index contributed by atoms with van der Waals surface area (Å²) in [7, 11) is 0. The standard InChI is InChI=1S/C28H31ClN2O4/c1-19-14-16-21(17-15-19)28(20-10-6-5-7-11-20,22-12-8-9-13-23(22)29)34-25(32)24(30)18-31-26(33)35-27(2,3)4/h5-17,24H,18,30H2,1-4H3,(H,31,33)/t24-,28?/m0/s1. The summed E-state index contributed by atoms with van der Waals surface area (Å²) in [6, 6.07) is 23.2. The highest BCUT2D eigenvalue weighted by molar-refractivity contribution is 6.31. The van der Waals surface area contributed by atoms with E-state index in [0.29, 0.717) is 21.7 Å². The van der Waals surface area contributed by atoms with E-state index in [4.69, 9.17) is 26.8 Å². The summed E-state index contributed by atoms with van der Waals surface area (Å²) in [5, 5.41) is 2.97. The van der Waals surface area contributed by atoms with Crippen LogP contribution in [0.4, 0.5) is 4.79 Å². The highest BCUT2D eigenvalue weighted by atomic mass is 35.5. The zero-order valence-corrected chi connectivity index (χ0v) is 21.1. The molecular weight excluding hydrogens is 464 g/mol. The molecule has 3 aromatic rings. The lowest BCUT2D eigenvalue weighted by atomic mass is 9.79. The maximum atomic E-state index is 13.4. The van der Waals surface area contributed by atoms with Gasteiger partial charge in [-0.15, -0.1) is 0 Å². The van der Waals surface area contributed by atoms with Crippen molar-refractivity contribution in [1.82, 2.24) is 5.32 Å². The number of nitrogens with one attached hydrogen (secondary N) is 1. The number of hydrogen-bond donors (Lipinski definition) is 2. The third-order valence-electron chi connectivity index (χ3n) is 5.31. The van der Waals surface area contributed by atoms with Crippen molar-refractivity contribution in [2.45, 2.75) is 44.9 Å². The molecule has 0 aliphatic carbocycles. The Labute approximate surface area is 211 Å². The average molecular weight is 495 g/mol. The summed E-state index contributed by atoms with van der Waals surface area (Å²) in [5.41, 5.74) is 7.18. The molecule has 2 atom stereocenters. The monoisotopic (exact) mass is 494 g/mol. The van der Waals surface area contributed by atoms with Gasteiger partial charge in [-0.3, -0.25) is 4.79 Å². The van der Waals surface area contributed by atoms with E-state index in [0.717, 1.165) is 5.56 Å². The molecule has 0 spiro atoms. The second kappa shape index (κ2) is 10.9. The van der Waals surface area contributed by atoms with Gasteiger partial charge in [0.25, 0.3) is 0 Å². The maximum Gasteiger partial charge on any atom is 0.407 e. The molecule has 1 amide bonds. The van der Waals surface area contributed by atoms with Crippen molar-refractivity contribution in [1.29, 1.82) is 0 Å². The van der Waals surface area contributed by atoms with Gasteiger partial charge in [0.1, 0.15) is 11.6 Å². The van der Waals surface area contributed by atoms with Gasteiger partial charge in [0.05, 0.1) is 0 Å². The van der Waals surface area contributed by atoms with Crippen molar-refractivity contribution in [3.63, 3.8) is 0 Å². The summed E-state index contributed by atoms with van der Waals surface area (Å²) in [4.78, 5) is 25.4. The normalized spacial score (nSPS) is 13.9.